The van der Waals surface area contributed by atoms with Gasteiger partial charge in [-0.1, -0.05) is 18.2 Å². The van der Waals surface area contributed by atoms with Crippen LogP contribution in [0.25, 0.3) is 0 Å². The third-order valence-electron chi connectivity index (χ3n) is 2.14. The molecule has 0 saturated heterocycles. The summed E-state index contributed by atoms with van der Waals surface area (Å²) in [5, 5.41) is 0. The van der Waals surface area contributed by atoms with Crippen LogP contribution in [0.15, 0.2) is 36.4 Å². The van der Waals surface area contributed by atoms with Crippen LogP contribution in [0, 0.1) is 6.92 Å². The standard InChI is InChI=1S/C14H16O4/c1-4-6-13(15)17-11(3)14(16)18-12-8-5-7-10(2)9-12/h4-9,11H,1-3H3/b6-4+. The Morgan fingerprint density at radius 3 is 2.67 bits per heavy atom. The van der Waals surface area contributed by atoms with Crippen LogP contribution in [0.4, 0.5) is 0 Å². The average molecular weight is 248 g/mol. The van der Waals surface area contributed by atoms with Crippen LogP contribution in [0.5, 0.6) is 5.75 Å². The lowest BCUT2D eigenvalue weighted by Gasteiger charge is -2.11. The zero-order chi connectivity index (χ0) is 13.5. The summed E-state index contributed by atoms with van der Waals surface area (Å²) in [6, 6.07) is 7.09. The monoisotopic (exact) mass is 248 g/mol. The van der Waals surface area contributed by atoms with Crippen molar-refractivity contribution in [2.24, 2.45) is 0 Å². The van der Waals surface area contributed by atoms with Gasteiger partial charge in [-0.3, -0.25) is 0 Å². The van der Waals surface area contributed by atoms with Gasteiger partial charge in [0.1, 0.15) is 5.75 Å². The molecule has 0 saturated carbocycles. The van der Waals surface area contributed by atoms with Gasteiger partial charge in [0.05, 0.1) is 0 Å². The molecule has 18 heavy (non-hydrogen) atoms. The fraction of sp³-hybridized carbons (Fsp3) is 0.286. The summed E-state index contributed by atoms with van der Waals surface area (Å²) in [6.45, 7) is 5.06. The van der Waals surface area contributed by atoms with E-state index in [9.17, 15) is 9.59 Å². The van der Waals surface area contributed by atoms with Gasteiger partial charge in [0.15, 0.2) is 6.10 Å². The highest BCUT2D eigenvalue weighted by Gasteiger charge is 2.18. The second-order valence-corrected chi connectivity index (χ2v) is 3.82. The number of hydrogen-bond acceptors (Lipinski definition) is 4. The van der Waals surface area contributed by atoms with Crippen LogP contribution in [-0.2, 0) is 14.3 Å². The fourth-order valence-electron chi connectivity index (χ4n) is 1.28. The largest absolute Gasteiger partial charge is 0.447 e. The Hall–Kier alpha value is -2.10. The number of ether oxygens (including phenoxy) is 2. The Kier molecular flexibility index (Phi) is 5.11. The molecule has 0 spiro atoms. The van der Waals surface area contributed by atoms with E-state index in [1.54, 1.807) is 31.2 Å². The number of carbonyl (C=O) groups is 2. The number of aryl methyl sites for hydroxylation is 1. The summed E-state index contributed by atoms with van der Waals surface area (Å²) in [5.74, 6) is -0.724. The Balaban J connectivity index is 2.57. The van der Waals surface area contributed by atoms with Crippen LogP contribution in [0.2, 0.25) is 0 Å². The summed E-state index contributed by atoms with van der Waals surface area (Å²) in [6.07, 6.45) is 1.85. The molecule has 4 heteroatoms. The number of allylic oxidation sites excluding steroid dienone is 1. The van der Waals surface area contributed by atoms with Crippen molar-refractivity contribution in [3.63, 3.8) is 0 Å². The number of esters is 2. The van der Waals surface area contributed by atoms with Gasteiger partial charge in [0, 0.05) is 6.08 Å². The van der Waals surface area contributed by atoms with E-state index in [0.29, 0.717) is 5.75 Å². The van der Waals surface area contributed by atoms with Gasteiger partial charge in [-0.15, -0.1) is 0 Å². The molecule has 1 rings (SSSR count). The molecule has 0 heterocycles. The highest BCUT2D eigenvalue weighted by molar-refractivity contribution is 5.86. The van der Waals surface area contributed by atoms with Gasteiger partial charge in [0.2, 0.25) is 0 Å². The quantitative estimate of drug-likeness (QED) is 0.466. The normalized spacial score (nSPS) is 12.2. The summed E-state index contributed by atoms with van der Waals surface area (Å²) in [5.41, 5.74) is 0.985. The van der Waals surface area contributed by atoms with E-state index in [-0.39, 0.29) is 0 Å². The lowest BCUT2D eigenvalue weighted by atomic mass is 10.2. The molecule has 1 unspecified atom stereocenters. The van der Waals surface area contributed by atoms with Crippen molar-refractivity contribution in [1.82, 2.24) is 0 Å². The number of rotatable bonds is 4. The highest BCUT2D eigenvalue weighted by Crippen LogP contribution is 2.13. The highest BCUT2D eigenvalue weighted by atomic mass is 16.6. The van der Waals surface area contributed by atoms with E-state index in [0.717, 1.165) is 5.56 Å². The molecule has 0 bridgehead atoms. The van der Waals surface area contributed by atoms with Crippen molar-refractivity contribution >= 4 is 11.9 Å². The van der Waals surface area contributed by atoms with Gasteiger partial charge >= 0.3 is 11.9 Å². The van der Waals surface area contributed by atoms with Crippen molar-refractivity contribution in [2.45, 2.75) is 26.9 Å². The lowest BCUT2D eigenvalue weighted by Crippen LogP contribution is -2.27. The summed E-state index contributed by atoms with van der Waals surface area (Å²) < 4.78 is 9.95. The minimum absolute atomic E-state index is 0.439. The molecule has 0 aliphatic heterocycles. The maximum atomic E-state index is 11.6. The van der Waals surface area contributed by atoms with Crippen molar-refractivity contribution in [3.8, 4) is 5.75 Å². The molecule has 96 valence electrons. The van der Waals surface area contributed by atoms with Crippen LogP contribution in [0.1, 0.15) is 19.4 Å². The zero-order valence-corrected chi connectivity index (χ0v) is 10.7. The second kappa shape index (κ2) is 6.59. The second-order valence-electron chi connectivity index (χ2n) is 3.82. The van der Waals surface area contributed by atoms with Crippen molar-refractivity contribution in [2.75, 3.05) is 0 Å². The van der Waals surface area contributed by atoms with E-state index >= 15 is 0 Å². The van der Waals surface area contributed by atoms with Gasteiger partial charge < -0.3 is 9.47 Å². The maximum Gasteiger partial charge on any atom is 0.352 e. The third-order valence-corrected chi connectivity index (χ3v) is 2.14. The van der Waals surface area contributed by atoms with E-state index in [1.165, 1.54) is 13.0 Å². The van der Waals surface area contributed by atoms with E-state index in [1.807, 2.05) is 13.0 Å². The van der Waals surface area contributed by atoms with Crippen molar-refractivity contribution < 1.29 is 19.1 Å². The first-order valence-electron chi connectivity index (χ1n) is 5.64. The molecule has 0 aromatic heterocycles. The average Bonchev–Trinajstić information content (AvgIpc) is 2.29. The Labute approximate surface area is 106 Å². The molecule has 0 radical (unpaired) electrons. The predicted octanol–water partition coefficient (Wildman–Crippen LogP) is 2.41. The number of carbonyl (C=O) groups excluding carboxylic acids is 2. The van der Waals surface area contributed by atoms with Gasteiger partial charge in [0.25, 0.3) is 0 Å². The van der Waals surface area contributed by atoms with Crippen LogP contribution >= 0.6 is 0 Å². The molecule has 0 N–H and O–H groups in total. The summed E-state index contributed by atoms with van der Waals surface area (Å²) >= 11 is 0. The molecular weight excluding hydrogens is 232 g/mol. The van der Waals surface area contributed by atoms with E-state index in [2.05, 4.69) is 0 Å². The molecule has 0 aliphatic carbocycles. The topological polar surface area (TPSA) is 52.6 Å². The van der Waals surface area contributed by atoms with E-state index in [4.69, 9.17) is 9.47 Å². The Morgan fingerprint density at radius 2 is 2.06 bits per heavy atom. The molecule has 0 aliphatic rings. The lowest BCUT2D eigenvalue weighted by molar-refractivity contribution is -0.157. The first-order chi connectivity index (χ1) is 8.52. The minimum atomic E-state index is -0.936. The predicted molar refractivity (Wildman–Crippen MR) is 67.2 cm³/mol. The van der Waals surface area contributed by atoms with Gasteiger partial charge in [-0.05, 0) is 38.5 Å². The number of benzene rings is 1. The van der Waals surface area contributed by atoms with Crippen LogP contribution in [0.3, 0.4) is 0 Å². The maximum absolute atomic E-state index is 11.6. The van der Waals surface area contributed by atoms with Crippen LogP contribution < -0.4 is 4.74 Å². The first kappa shape index (κ1) is 14.0. The summed E-state index contributed by atoms with van der Waals surface area (Å²) in [7, 11) is 0. The minimum Gasteiger partial charge on any atom is -0.447 e. The number of hydrogen-bond donors (Lipinski definition) is 0. The molecule has 1 aromatic carbocycles. The molecule has 0 fully saturated rings. The smallest absolute Gasteiger partial charge is 0.352 e. The van der Waals surface area contributed by atoms with E-state index < -0.39 is 18.0 Å². The van der Waals surface area contributed by atoms with Crippen molar-refractivity contribution in [1.29, 1.82) is 0 Å². The van der Waals surface area contributed by atoms with Crippen molar-refractivity contribution in [3.05, 3.63) is 42.0 Å². The first-order valence-corrected chi connectivity index (χ1v) is 5.64. The fourth-order valence-corrected chi connectivity index (χ4v) is 1.28. The third kappa shape index (κ3) is 4.41. The SMILES string of the molecule is C/C=C/C(=O)OC(C)C(=O)Oc1cccc(C)c1. The zero-order valence-electron chi connectivity index (χ0n) is 10.7. The molecule has 4 nitrogen and oxygen atoms in total. The van der Waals surface area contributed by atoms with Crippen LogP contribution in [-0.4, -0.2) is 18.0 Å². The summed E-state index contributed by atoms with van der Waals surface area (Å²) in [4.78, 5) is 22.8. The Morgan fingerprint density at radius 1 is 1.33 bits per heavy atom. The van der Waals surface area contributed by atoms with Gasteiger partial charge in [-0.25, -0.2) is 9.59 Å². The molecular formula is C14H16O4. The molecule has 0 amide bonds. The molecule has 1 atom stereocenters. The Bertz CT molecular complexity index is 463. The van der Waals surface area contributed by atoms with Gasteiger partial charge in [-0.2, -0.15) is 0 Å². The molecule has 1 aromatic rings.